The number of halogens is 2. The molecule has 0 aliphatic rings. The van der Waals surface area contributed by atoms with E-state index in [1.807, 2.05) is 7.05 Å². The SMILES string of the molecule is Cn1cnnc1-c1cc(Cl)nc(Cl)c1. The zero-order chi connectivity index (χ0) is 10.1. The minimum absolute atomic E-state index is 0.343. The Hall–Kier alpha value is -1.13. The molecule has 4 nitrogen and oxygen atoms in total. The van der Waals surface area contributed by atoms with Crippen LogP contribution in [0.25, 0.3) is 11.4 Å². The maximum atomic E-state index is 5.77. The molecule has 0 amide bonds. The van der Waals surface area contributed by atoms with E-state index in [-0.39, 0.29) is 0 Å². The van der Waals surface area contributed by atoms with Crippen LogP contribution < -0.4 is 0 Å². The van der Waals surface area contributed by atoms with Crippen LogP contribution in [0, 0.1) is 0 Å². The van der Waals surface area contributed by atoms with E-state index in [1.54, 1.807) is 23.0 Å². The Kier molecular flexibility index (Phi) is 2.39. The summed E-state index contributed by atoms with van der Waals surface area (Å²) in [5, 5.41) is 8.39. The highest BCUT2D eigenvalue weighted by Gasteiger charge is 2.06. The standard InChI is InChI=1S/C8H6Cl2N4/c1-14-4-11-13-8(14)5-2-6(9)12-7(10)3-5/h2-4H,1H3. The van der Waals surface area contributed by atoms with Crippen molar-refractivity contribution in [2.75, 3.05) is 0 Å². The summed E-state index contributed by atoms with van der Waals surface area (Å²) in [6, 6.07) is 3.38. The van der Waals surface area contributed by atoms with Gasteiger partial charge in [0.2, 0.25) is 0 Å². The van der Waals surface area contributed by atoms with Crippen molar-refractivity contribution >= 4 is 23.2 Å². The van der Waals surface area contributed by atoms with Crippen LogP contribution in [-0.4, -0.2) is 19.7 Å². The summed E-state index contributed by atoms with van der Waals surface area (Å²) in [5.41, 5.74) is 0.801. The number of pyridine rings is 1. The van der Waals surface area contributed by atoms with Crippen molar-refractivity contribution in [3.8, 4) is 11.4 Å². The quantitative estimate of drug-likeness (QED) is 0.704. The second-order valence-electron chi connectivity index (χ2n) is 2.77. The molecule has 14 heavy (non-hydrogen) atoms. The van der Waals surface area contributed by atoms with Crippen molar-refractivity contribution in [3.63, 3.8) is 0 Å². The maximum absolute atomic E-state index is 5.77. The lowest BCUT2D eigenvalue weighted by molar-refractivity contribution is 0.919. The van der Waals surface area contributed by atoms with Gasteiger partial charge in [0.25, 0.3) is 0 Å². The first kappa shape index (κ1) is 9.43. The van der Waals surface area contributed by atoms with E-state index in [2.05, 4.69) is 15.2 Å². The first-order valence-corrected chi connectivity index (χ1v) is 4.60. The average molecular weight is 229 g/mol. The molecule has 0 aliphatic carbocycles. The van der Waals surface area contributed by atoms with Gasteiger partial charge in [0.05, 0.1) is 0 Å². The molecule has 0 aliphatic heterocycles. The van der Waals surface area contributed by atoms with E-state index in [0.717, 1.165) is 5.56 Å². The Bertz CT molecular complexity index is 446. The molecule has 0 fully saturated rings. The molecular formula is C8H6Cl2N4. The van der Waals surface area contributed by atoms with E-state index in [9.17, 15) is 0 Å². The fraction of sp³-hybridized carbons (Fsp3) is 0.125. The molecule has 2 rings (SSSR count). The summed E-state index contributed by atoms with van der Waals surface area (Å²) in [6.07, 6.45) is 1.61. The Balaban J connectivity index is 2.57. The molecule has 0 aromatic carbocycles. The maximum Gasteiger partial charge on any atom is 0.163 e. The van der Waals surface area contributed by atoms with Crippen LogP contribution in [-0.2, 0) is 7.05 Å². The van der Waals surface area contributed by atoms with Crippen LogP contribution >= 0.6 is 23.2 Å². The summed E-state index contributed by atoms with van der Waals surface area (Å²) in [6.45, 7) is 0. The highest BCUT2D eigenvalue weighted by atomic mass is 35.5. The first-order valence-electron chi connectivity index (χ1n) is 3.84. The smallest absolute Gasteiger partial charge is 0.163 e. The molecule has 2 aromatic rings. The third-order valence-electron chi connectivity index (χ3n) is 1.73. The molecule has 0 saturated carbocycles. The van der Waals surface area contributed by atoms with E-state index < -0.39 is 0 Å². The van der Waals surface area contributed by atoms with Crippen LogP contribution in [0.1, 0.15) is 0 Å². The Morgan fingerprint density at radius 2 is 1.86 bits per heavy atom. The summed E-state index contributed by atoms with van der Waals surface area (Å²) in [5.74, 6) is 0.705. The highest BCUT2D eigenvalue weighted by Crippen LogP contribution is 2.22. The van der Waals surface area contributed by atoms with Gasteiger partial charge in [-0.15, -0.1) is 10.2 Å². The minimum atomic E-state index is 0.343. The molecule has 0 atom stereocenters. The molecule has 0 N–H and O–H groups in total. The second-order valence-corrected chi connectivity index (χ2v) is 3.54. The van der Waals surface area contributed by atoms with E-state index >= 15 is 0 Å². The van der Waals surface area contributed by atoms with Crippen molar-refractivity contribution in [2.45, 2.75) is 0 Å². The second kappa shape index (κ2) is 3.55. The van der Waals surface area contributed by atoms with Crippen LogP contribution in [0.5, 0.6) is 0 Å². The van der Waals surface area contributed by atoms with Gasteiger partial charge < -0.3 is 4.57 Å². The molecule has 72 valence electrons. The minimum Gasteiger partial charge on any atom is -0.317 e. The summed E-state index contributed by atoms with van der Waals surface area (Å²) in [4.78, 5) is 3.85. The number of nitrogens with zero attached hydrogens (tertiary/aromatic N) is 4. The molecular weight excluding hydrogens is 223 g/mol. The van der Waals surface area contributed by atoms with Crippen LogP contribution in [0.15, 0.2) is 18.5 Å². The highest BCUT2D eigenvalue weighted by molar-refractivity contribution is 6.32. The number of hydrogen-bond donors (Lipinski definition) is 0. The Labute approximate surface area is 90.5 Å². The summed E-state index contributed by atoms with van der Waals surface area (Å²) < 4.78 is 1.78. The molecule has 0 radical (unpaired) electrons. The van der Waals surface area contributed by atoms with Crippen molar-refractivity contribution in [1.29, 1.82) is 0 Å². The molecule has 6 heteroatoms. The molecule has 0 saturated heterocycles. The summed E-state index contributed by atoms with van der Waals surface area (Å²) >= 11 is 11.5. The number of aromatic nitrogens is 4. The zero-order valence-corrected chi connectivity index (χ0v) is 8.79. The van der Waals surface area contributed by atoms with Crippen molar-refractivity contribution in [1.82, 2.24) is 19.7 Å². The molecule has 0 spiro atoms. The topological polar surface area (TPSA) is 43.6 Å². The van der Waals surface area contributed by atoms with Crippen LogP contribution in [0.3, 0.4) is 0 Å². The van der Waals surface area contributed by atoms with Gasteiger partial charge in [0.15, 0.2) is 5.82 Å². The van der Waals surface area contributed by atoms with Gasteiger partial charge in [0, 0.05) is 12.6 Å². The van der Waals surface area contributed by atoms with Gasteiger partial charge in [-0.1, -0.05) is 23.2 Å². The van der Waals surface area contributed by atoms with Gasteiger partial charge >= 0.3 is 0 Å². The number of aryl methyl sites for hydroxylation is 1. The van der Waals surface area contributed by atoms with Crippen molar-refractivity contribution in [2.24, 2.45) is 7.05 Å². The first-order chi connectivity index (χ1) is 6.66. The number of rotatable bonds is 1. The molecule has 2 heterocycles. The lowest BCUT2D eigenvalue weighted by Gasteiger charge is -2.01. The van der Waals surface area contributed by atoms with Crippen LogP contribution in [0.4, 0.5) is 0 Å². The Morgan fingerprint density at radius 3 is 2.36 bits per heavy atom. The Morgan fingerprint density at radius 1 is 1.21 bits per heavy atom. The fourth-order valence-electron chi connectivity index (χ4n) is 1.14. The average Bonchev–Trinajstić information content (AvgIpc) is 2.49. The van der Waals surface area contributed by atoms with Crippen LogP contribution in [0.2, 0.25) is 10.3 Å². The van der Waals surface area contributed by atoms with E-state index in [4.69, 9.17) is 23.2 Å². The zero-order valence-electron chi connectivity index (χ0n) is 7.28. The van der Waals surface area contributed by atoms with E-state index in [1.165, 1.54) is 0 Å². The fourth-order valence-corrected chi connectivity index (χ4v) is 1.60. The third-order valence-corrected chi connectivity index (χ3v) is 2.12. The molecule has 0 bridgehead atoms. The molecule has 2 aromatic heterocycles. The van der Waals surface area contributed by atoms with Gasteiger partial charge in [-0.2, -0.15) is 0 Å². The van der Waals surface area contributed by atoms with Gasteiger partial charge in [0.1, 0.15) is 16.6 Å². The normalized spacial score (nSPS) is 10.5. The lowest BCUT2D eigenvalue weighted by atomic mass is 10.2. The van der Waals surface area contributed by atoms with Gasteiger partial charge in [-0.05, 0) is 12.1 Å². The van der Waals surface area contributed by atoms with E-state index in [0.29, 0.717) is 16.1 Å². The third kappa shape index (κ3) is 1.71. The largest absolute Gasteiger partial charge is 0.317 e. The van der Waals surface area contributed by atoms with Crippen molar-refractivity contribution in [3.05, 3.63) is 28.8 Å². The van der Waals surface area contributed by atoms with Crippen molar-refractivity contribution < 1.29 is 0 Å². The van der Waals surface area contributed by atoms with Gasteiger partial charge in [-0.3, -0.25) is 0 Å². The van der Waals surface area contributed by atoms with Gasteiger partial charge in [-0.25, -0.2) is 4.98 Å². The molecule has 0 unspecified atom stereocenters. The summed E-state index contributed by atoms with van der Waals surface area (Å²) in [7, 11) is 1.84. The monoisotopic (exact) mass is 228 g/mol. The number of hydrogen-bond acceptors (Lipinski definition) is 3. The predicted octanol–water partition coefficient (Wildman–Crippen LogP) is 2.18. The predicted molar refractivity (Wildman–Crippen MR) is 54.3 cm³/mol. The lowest BCUT2D eigenvalue weighted by Crippen LogP contribution is -1.92.